The molecule has 0 amide bonds. The van der Waals surface area contributed by atoms with Crippen LogP contribution in [0, 0.1) is 11.6 Å². The maximum absolute atomic E-state index is 13.5. The van der Waals surface area contributed by atoms with Crippen LogP contribution in [0.1, 0.15) is 53.9 Å². The lowest BCUT2D eigenvalue weighted by atomic mass is 9.73. The van der Waals surface area contributed by atoms with Gasteiger partial charge in [-0.25, -0.2) is 8.78 Å². The normalized spacial score (nSPS) is 24.9. The van der Waals surface area contributed by atoms with E-state index in [4.69, 9.17) is 0 Å². The van der Waals surface area contributed by atoms with Crippen molar-refractivity contribution in [2.75, 3.05) is 30.3 Å². The first-order valence-electron chi connectivity index (χ1n) is 10.8. The number of halogens is 2. The molecule has 2 aromatic rings. The fraction of sp³-hybridized carbons (Fsp3) is 0.458. The van der Waals surface area contributed by atoms with E-state index in [0.717, 1.165) is 63.2 Å². The first kappa shape index (κ1) is 20.0. The van der Waals surface area contributed by atoms with Crippen molar-refractivity contribution in [2.45, 2.75) is 48.5 Å². The average molecular weight is 429 g/mol. The number of ketones is 1. The summed E-state index contributed by atoms with van der Waals surface area (Å²) in [4.78, 5) is 16.7. The van der Waals surface area contributed by atoms with Gasteiger partial charge in [0.2, 0.25) is 0 Å². The van der Waals surface area contributed by atoms with E-state index >= 15 is 0 Å². The maximum Gasteiger partial charge on any atom is 0.162 e. The molecule has 0 aliphatic carbocycles. The quantitative estimate of drug-likeness (QED) is 0.668. The molecule has 0 aromatic heterocycles. The number of nitrogens with one attached hydrogen (secondary N) is 1. The lowest BCUT2D eigenvalue weighted by Gasteiger charge is -2.47. The molecule has 0 saturated carbocycles. The molecule has 3 nitrogen and oxygen atoms in total. The minimum Gasteiger partial charge on any atom is -0.364 e. The maximum atomic E-state index is 13.5. The third kappa shape index (κ3) is 3.25. The first-order valence-corrected chi connectivity index (χ1v) is 11.8. The Labute approximate surface area is 180 Å². The van der Waals surface area contributed by atoms with Crippen molar-refractivity contribution in [1.82, 2.24) is 5.32 Å². The van der Waals surface area contributed by atoms with Crippen molar-refractivity contribution in [3.05, 3.63) is 59.2 Å². The van der Waals surface area contributed by atoms with Gasteiger partial charge in [-0.15, -0.1) is 11.8 Å². The molecule has 1 saturated heterocycles. The van der Waals surface area contributed by atoms with Gasteiger partial charge in [0.25, 0.3) is 0 Å². The van der Waals surface area contributed by atoms with Crippen LogP contribution in [0.2, 0.25) is 0 Å². The first-order chi connectivity index (χ1) is 14.6. The Hall–Kier alpha value is -1.92. The van der Waals surface area contributed by atoms with Gasteiger partial charge in [0.05, 0.1) is 5.69 Å². The van der Waals surface area contributed by atoms with E-state index in [0.29, 0.717) is 12.3 Å². The summed E-state index contributed by atoms with van der Waals surface area (Å²) in [5.41, 5.74) is 3.17. The van der Waals surface area contributed by atoms with Gasteiger partial charge in [-0.3, -0.25) is 4.79 Å². The highest BCUT2D eigenvalue weighted by molar-refractivity contribution is 7.99. The van der Waals surface area contributed by atoms with Crippen LogP contribution >= 0.6 is 11.8 Å². The number of hydrogen-bond acceptors (Lipinski definition) is 4. The summed E-state index contributed by atoms with van der Waals surface area (Å²) in [6, 6.07) is 10.1. The van der Waals surface area contributed by atoms with Gasteiger partial charge in [-0.2, -0.15) is 0 Å². The number of benzene rings is 2. The molecule has 0 spiro atoms. The van der Waals surface area contributed by atoms with E-state index < -0.39 is 11.6 Å². The average Bonchev–Trinajstić information content (AvgIpc) is 2.87. The summed E-state index contributed by atoms with van der Waals surface area (Å²) in [6.07, 6.45) is 4.28. The number of nitrogens with zero attached hydrogens (tertiary/aromatic N) is 1. The van der Waals surface area contributed by atoms with E-state index in [-0.39, 0.29) is 16.9 Å². The van der Waals surface area contributed by atoms with Crippen LogP contribution in [0.4, 0.5) is 14.5 Å². The molecule has 3 aliphatic rings. The van der Waals surface area contributed by atoms with Crippen molar-refractivity contribution in [3.63, 3.8) is 0 Å². The number of piperidine rings is 1. The summed E-state index contributed by atoms with van der Waals surface area (Å²) in [5.74, 6) is -0.419. The monoisotopic (exact) mass is 428 g/mol. The molecule has 1 fully saturated rings. The molecule has 1 N–H and O–H groups in total. The van der Waals surface area contributed by atoms with Crippen LogP contribution in [0.25, 0.3) is 0 Å². The number of hydrogen-bond donors (Lipinski definition) is 1. The standard InChI is InChI=1S/C24H26F2N2OS/c25-19-8-7-16(14-20(19)26)21(29)5-2-9-24-10-11-27-15-18(24)17-4-1-6-22-23(17)28(24)12-3-13-30-22/h1,4,6-8,14,18,27H,2-3,5,9-13,15H2/t18-,24-/m0/s1. The minimum absolute atomic E-state index is 0.0446. The fourth-order valence-electron chi connectivity index (χ4n) is 5.63. The number of thioether (sulfide) groups is 1. The molecule has 0 unspecified atom stereocenters. The zero-order valence-corrected chi connectivity index (χ0v) is 17.7. The van der Waals surface area contributed by atoms with Crippen molar-refractivity contribution >= 4 is 23.2 Å². The Morgan fingerprint density at radius 2 is 2.13 bits per heavy atom. The Morgan fingerprint density at radius 3 is 3.00 bits per heavy atom. The summed E-state index contributed by atoms with van der Waals surface area (Å²) < 4.78 is 26.7. The number of rotatable bonds is 5. The van der Waals surface area contributed by atoms with Gasteiger partial charge in [0.1, 0.15) is 0 Å². The predicted octanol–water partition coefficient (Wildman–Crippen LogP) is 5.15. The number of para-hydroxylation sites is 1. The van der Waals surface area contributed by atoms with Gasteiger partial charge in [-0.05, 0) is 67.8 Å². The molecule has 2 aromatic carbocycles. The van der Waals surface area contributed by atoms with Crippen molar-refractivity contribution in [3.8, 4) is 0 Å². The Kier molecular flexibility index (Phi) is 5.31. The van der Waals surface area contributed by atoms with Crippen LogP contribution in [-0.4, -0.2) is 36.7 Å². The topological polar surface area (TPSA) is 32.3 Å². The molecule has 30 heavy (non-hydrogen) atoms. The number of anilines is 1. The largest absolute Gasteiger partial charge is 0.364 e. The van der Waals surface area contributed by atoms with Gasteiger partial charge in [0, 0.05) is 41.4 Å². The molecular formula is C24H26F2N2OS. The molecule has 5 rings (SSSR count). The number of Topliss-reactive ketones (excluding diaryl/α,β-unsaturated/α-hetero) is 1. The molecule has 3 aliphatic heterocycles. The predicted molar refractivity (Wildman–Crippen MR) is 117 cm³/mol. The molecule has 6 heteroatoms. The van der Waals surface area contributed by atoms with E-state index in [1.54, 1.807) is 0 Å². The van der Waals surface area contributed by atoms with Crippen LogP contribution in [0.5, 0.6) is 0 Å². The molecule has 3 heterocycles. The second kappa shape index (κ2) is 7.97. The molecular weight excluding hydrogens is 402 g/mol. The fourth-order valence-corrected chi connectivity index (χ4v) is 6.66. The van der Waals surface area contributed by atoms with E-state index in [1.807, 2.05) is 11.8 Å². The minimum atomic E-state index is -0.960. The van der Waals surface area contributed by atoms with E-state index in [2.05, 4.69) is 28.4 Å². The Bertz CT molecular complexity index is 982. The van der Waals surface area contributed by atoms with Gasteiger partial charge in [0.15, 0.2) is 17.4 Å². The van der Waals surface area contributed by atoms with Gasteiger partial charge >= 0.3 is 0 Å². The number of carbonyl (C=O) groups excluding carboxylic acids is 1. The molecule has 0 bridgehead atoms. The molecule has 158 valence electrons. The van der Waals surface area contributed by atoms with Gasteiger partial charge < -0.3 is 10.2 Å². The lowest BCUT2D eigenvalue weighted by molar-refractivity contribution is 0.0974. The third-order valence-electron chi connectivity index (χ3n) is 6.98. The summed E-state index contributed by atoms with van der Waals surface area (Å²) >= 11 is 1.96. The summed E-state index contributed by atoms with van der Waals surface area (Å²) in [7, 11) is 0. The zero-order valence-electron chi connectivity index (χ0n) is 16.9. The van der Waals surface area contributed by atoms with E-state index in [1.165, 1.54) is 22.2 Å². The van der Waals surface area contributed by atoms with Crippen LogP contribution < -0.4 is 10.2 Å². The lowest BCUT2D eigenvalue weighted by Crippen LogP contribution is -2.56. The highest BCUT2D eigenvalue weighted by atomic mass is 32.2. The smallest absolute Gasteiger partial charge is 0.162 e. The number of fused-ring (bicyclic) bond motifs is 3. The van der Waals surface area contributed by atoms with Crippen LogP contribution in [0.3, 0.4) is 0 Å². The highest BCUT2D eigenvalue weighted by Crippen LogP contribution is 2.56. The molecule has 0 radical (unpaired) electrons. The van der Waals surface area contributed by atoms with E-state index in [9.17, 15) is 13.6 Å². The van der Waals surface area contributed by atoms with Crippen molar-refractivity contribution in [2.24, 2.45) is 0 Å². The Morgan fingerprint density at radius 1 is 1.23 bits per heavy atom. The highest BCUT2D eigenvalue weighted by Gasteiger charge is 2.52. The SMILES string of the molecule is O=C(CCC[C@]12CCNC[C@H]1c1cccc3c1N2CCCS3)c1ccc(F)c(F)c1. The third-order valence-corrected chi connectivity index (χ3v) is 8.12. The second-order valence-corrected chi connectivity index (χ2v) is 9.70. The van der Waals surface area contributed by atoms with Crippen LogP contribution in [-0.2, 0) is 0 Å². The number of carbonyl (C=O) groups is 1. The molecule has 2 atom stereocenters. The summed E-state index contributed by atoms with van der Waals surface area (Å²) in [5, 5.41) is 3.58. The zero-order chi connectivity index (χ0) is 20.7. The van der Waals surface area contributed by atoms with Crippen molar-refractivity contribution < 1.29 is 13.6 Å². The van der Waals surface area contributed by atoms with Crippen LogP contribution in [0.15, 0.2) is 41.3 Å². The van der Waals surface area contributed by atoms with Gasteiger partial charge in [-0.1, -0.05) is 12.1 Å². The van der Waals surface area contributed by atoms with Crippen molar-refractivity contribution in [1.29, 1.82) is 0 Å². The summed E-state index contributed by atoms with van der Waals surface area (Å²) in [6.45, 7) is 3.01. The Balaban J connectivity index is 1.38. The second-order valence-electron chi connectivity index (χ2n) is 8.56.